The number of amides is 2. The highest BCUT2D eigenvalue weighted by molar-refractivity contribution is 6.04. The summed E-state index contributed by atoms with van der Waals surface area (Å²) in [7, 11) is 0. The van der Waals surface area contributed by atoms with Gasteiger partial charge in [0.15, 0.2) is 0 Å². The van der Waals surface area contributed by atoms with Gasteiger partial charge in [-0.3, -0.25) is 14.3 Å². The Morgan fingerprint density at radius 3 is 2.56 bits per heavy atom. The van der Waals surface area contributed by atoms with Gasteiger partial charge in [0.2, 0.25) is 5.91 Å². The predicted octanol–water partition coefficient (Wildman–Crippen LogP) is 2.57. The van der Waals surface area contributed by atoms with Gasteiger partial charge >= 0.3 is 0 Å². The van der Waals surface area contributed by atoms with Gasteiger partial charge in [0.1, 0.15) is 24.5 Å². The maximum Gasteiger partial charge on any atom is 0.258 e. The lowest BCUT2D eigenvalue weighted by Crippen LogP contribution is -2.50. The second kappa shape index (κ2) is 9.26. The number of carbonyl (C=O) groups is 2. The number of nitrogens with zero attached hydrogens (tertiary/aromatic N) is 6. The van der Waals surface area contributed by atoms with E-state index in [2.05, 4.69) is 25.3 Å². The molecule has 4 aromatic rings. The number of carbonyl (C=O) groups excluding carboxylic acids is 2. The summed E-state index contributed by atoms with van der Waals surface area (Å²) in [6.45, 7) is 2.50. The molecule has 34 heavy (non-hydrogen) atoms. The minimum Gasteiger partial charge on any atom is -0.352 e. The molecular weight excluding hydrogens is 437 g/mol. The van der Waals surface area contributed by atoms with Crippen LogP contribution >= 0.6 is 0 Å². The van der Waals surface area contributed by atoms with Crippen LogP contribution in [0, 0.1) is 5.82 Å². The van der Waals surface area contributed by atoms with E-state index in [0.717, 1.165) is 16.7 Å². The zero-order chi connectivity index (χ0) is 23.5. The molecule has 0 unspecified atom stereocenters. The van der Waals surface area contributed by atoms with Crippen molar-refractivity contribution < 1.29 is 14.0 Å². The molecule has 0 spiro atoms. The Bertz CT molecular complexity index is 1340. The van der Waals surface area contributed by atoms with Crippen LogP contribution in [0.1, 0.15) is 10.4 Å². The summed E-state index contributed by atoms with van der Waals surface area (Å²) in [6, 6.07) is 13.6. The number of para-hydroxylation sites is 1. The topological polar surface area (TPSA) is 96.2 Å². The van der Waals surface area contributed by atoms with Crippen molar-refractivity contribution in [3.05, 3.63) is 78.6 Å². The van der Waals surface area contributed by atoms with Crippen molar-refractivity contribution in [2.45, 2.75) is 6.54 Å². The van der Waals surface area contributed by atoms with Gasteiger partial charge in [0.25, 0.3) is 5.91 Å². The van der Waals surface area contributed by atoms with Gasteiger partial charge in [-0.1, -0.05) is 24.3 Å². The average molecular weight is 459 g/mol. The first kappa shape index (κ1) is 21.5. The maximum absolute atomic E-state index is 13.8. The van der Waals surface area contributed by atoms with Crippen LogP contribution in [-0.2, 0) is 11.3 Å². The third-order valence-electron chi connectivity index (χ3n) is 5.76. The highest BCUT2D eigenvalue weighted by Crippen LogP contribution is 2.23. The van der Waals surface area contributed by atoms with E-state index in [1.807, 2.05) is 24.3 Å². The molecule has 172 valence electrons. The minimum absolute atomic E-state index is 0.0476. The van der Waals surface area contributed by atoms with E-state index in [0.29, 0.717) is 31.9 Å². The second-order valence-corrected chi connectivity index (χ2v) is 7.94. The smallest absolute Gasteiger partial charge is 0.258 e. The van der Waals surface area contributed by atoms with Crippen LogP contribution in [0.4, 0.5) is 15.9 Å². The fourth-order valence-electron chi connectivity index (χ4n) is 4.01. The zero-order valence-electron chi connectivity index (χ0n) is 18.3. The largest absolute Gasteiger partial charge is 0.352 e. The molecule has 0 aliphatic carbocycles. The molecule has 1 N–H and O–H groups in total. The first-order chi connectivity index (χ1) is 16.6. The number of aromatic nitrogens is 4. The summed E-state index contributed by atoms with van der Waals surface area (Å²) in [5, 5.41) is 7.75. The number of nitrogens with one attached hydrogen (secondary N) is 1. The molecule has 9 nitrogen and oxygen atoms in total. The summed E-state index contributed by atoms with van der Waals surface area (Å²) < 4.78 is 15.3. The van der Waals surface area contributed by atoms with Gasteiger partial charge in [0, 0.05) is 37.8 Å². The molecule has 0 saturated carbocycles. The Morgan fingerprint density at radius 2 is 1.74 bits per heavy atom. The third kappa shape index (κ3) is 4.42. The summed E-state index contributed by atoms with van der Waals surface area (Å²) in [5.74, 6) is -0.365. The number of piperazine rings is 1. The molecule has 1 saturated heterocycles. The van der Waals surface area contributed by atoms with Crippen molar-refractivity contribution >= 4 is 34.2 Å². The van der Waals surface area contributed by atoms with E-state index < -0.39 is 11.7 Å². The fraction of sp³-hybridized carbons (Fsp3) is 0.208. The zero-order valence-corrected chi connectivity index (χ0v) is 18.3. The summed E-state index contributed by atoms with van der Waals surface area (Å²) >= 11 is 0. The van der Waals surface area contributed by atoms with Gasteiger partial charge in [-0.2, -0.15) is 5.10 Å². The lowest BCUT2D eigenvalue weighted by molar-refractivity contribution is -0.132. The molecule has 1 fully saturated rings. The molecule has 3 heterocycles. The molecule has 10 heteroatoms. The van der Waals surface area contributed by atoms with Crippen molar-refractivity contribution in [1.82, 2.24) is 24.6 Å². The van der Waals surface area contributed by atoms with Crippen LogP contribution < -0.4 is 10.2 Å². The highest BCUT2D eigenvalue weighted by Gasteiger charge is 2.23. The number of benzene rings is 2. The third-order valence-corrected chi connectivity index (χ3v) is 5.76. The monoisotopic (exact) mass is 459 g/mol. The molecule has 2 amide bonds. The van der Waals surface area contributed by atoms with Gasteiger partial charge < -0.3 is 15.1 Å². The molecule has 0 atom stereocenters. The molecule has 0 radical (unpaired) electrons. The molecule has 5 rings (SSSR count). The normalized spacial score (nSPS) is 13.8. The van der Waals surface area contributed by atoms with Crippen molar-refractivity contribution in [2.24, 2.45) is 0 Å². The van der Waals surface area contributed by atoms with Crippen LogP contribution in [0.25, 0.3) is 10.9 Å². The van der Waals surface area contributed by atoms with Crippen molar-refractivity contribution in [3.8, 4) is 0 Å². The number of fused-ring (bicyclic) bond motifs is 1. The highest BCUT2D eigenvalue weighted by atomic mass is 19.1. The SMILES string of the molecule is O=C(Nc1cnn(CC(=O)N2CCN(c3ncnc4ccccc34)CC2)c1)c1ccccc1F. The summed E-state index contributed by atoms with van der Waals surface area (Å²) in [4.78, 5) is 37.8. The Labute approximate surface area is 194 Å². The first-order valence-electron chi connectivity index (χ1n) is 10.9. The van der Waals surface area contributed by atoms with Crippen molar-refractivity contribution in [2.75, 3.05) is 36.4 Å². The number of anilines is 2. The quantitative estimate of drug-likeness (QED) is 0.493. The van der Waals surface area contributed by atoms with E-state index in [1.165, 1.54) is 29.1 Å². The van der Waals surface area contributed by atoms with E-state index in [1.54, 1.807) is 23.5 Å². The van der Waals surface area contributed by atoms with Gasteiger partial charge in [-0.05, 0) is 24.3 Å². The molecule has 2 aromatic carbocycles. The second-order valence-electron chi connectivity index (χ2n) is 7.94. The number of hydrogen-bond acceptors (Lipinski definition) is 6. The molecule has 2 aromatic heterocycles. The van der Waals surface area contributed by atoms with Crippen LogP contribution in [0.5, 0.6) is 0 Å². The van der Waals surface area contributed by atoms with Gasteiger partial charge in [-0.15, -0.1) is 0 Å². The average Bonchev–Trinajstić information content (AvgIpc) is 3.30. The maximum atomic E-state index is 13.8. The van der Waals surface area contributed by atoms with Crippen molar-refractivity contribution in [3.63, 3.8) is 0 Å². The standard InChI is InChI=1S/C24H22FN7O2/c25-20-7-3-1-5-18(20)24(34)29-17-13-28-32(14-17)15-22(33)30-9-11-31(12-10-30)23-19-6-2-4-8-21(19)26-16-27-23/h1-8,13-14,16H,9-12,15H2,(H,29,34). The number of halogens is 1. The van der Waals surface area contributed by atoms with Gasteiger partial charge in [0.05, 0.1) is 23.0 Å². The van der Waals surface area contributed by atoms with E-state index in [-0.39, 0.29) is 18.0 Å². The van der Waals surface area contributed by atoms with Crippen LogP contribution in [0.2, 0.25) is 0 Å². The predicted molar refractivity (Wildman–Crippen MR) is 125 cm³/mol. The summed E-state index contributed by atoms with van der Waals surface area (Å²) in [6.07, 6.45) is 4.56. The Kier molecular flexibility index (Phi) is 5.86. The Morgan fingerprint density at radius 1 is 0.971 bits per heavy atom. The van der Waals surface area contributed by atoms with E-state index in [9.17, 15) is 14.0 Å². The first-order valence-corrected chi connectivity index (χ1v) is 10.9. The number of hydrogen-bond donors (Lipinski definition) is 1. The minimum atomic E-state index is -0.600. The van der Waals surface area contributed by atoms with Crippen molar-refractivity contribution in [1.29, 1.82) is 0 Å². The number of rotatable bonds is 5. The lowest BCUT2D eigenvalue weighted by Gasteiger charge is -2.35. The molecule has 1 aliphatic heterocycles. The molecular formula is C24H22FN7O2. The van der Waals surface area contributed by atoms with Crippen LogP contribution in [0.15, 0.2) is 67.3 Å². The fourth-order valence-corrected chi connectivity index (χ4v) is 4.01. The Balaban J connectivity index is 1.17. The Hall–Kier alpha value is -4.34. The van der Waals surface area contributed by atoms with Gasteiger partial charge in [-0.25, -0.2) is 14.4 Å². The lowest BCUT2D eigenvalue weighted by atomic mass is 10.2. The molecule has 0 bridgehead atoms. The molecule has 1 aliphatic rings. The van der Waals surface area contributed by atoms with E-state index >= 15 is 0 Å². The van der Waals surface area contributed by atoms with Crippen LogP contribution in [0.3, 0.4) is 0 Å². The van der Waals surface area contributed by atoms with E-state index in [4.69, 9.17) is 0 Å². The van der Waals surface area contributed by atoms with Crippen LogP contribution in [-0.4, -0.2) is 62.6 Å². The summed E-state index contributed by atoms with van der Waals surface area (Å²) in [5.41, 5.74) is 1.23.